The van der Waals surface area contributed by atoms with Crippen molar-refractivity contribution >= 4 is 39.2 Å². The fourth-order valence-electron chi connectivity index (χ4n) is 2.06. The zero-order chi connectivity index (χ0) is 17.9. The first-order valence-electron chi connectivity index (χ1n) is 6.79. The number of carbonyl (C=O) groups excluding carboxylic acids is 3. The predicted octanol–water partition coefficient (Wildman–Crippen LogP) is -0.397. The van der Waals surface area contributed by atoms with Crippen molar-refractivity contribution in [2.24, 2.45) is 0 Å². The van der Waals surface area contributed by atoms with E-state index in [0.29, 0.717) is 5.69 Å². The molecule has 1 aromatic rings. The Morgan fingerprint density at radius 2 is 2.04 bits per heavy atom. The average Bonchev–Trinajstić information content (AvgIpc) is 2.46. The molecule has 0 saturated carbocycles. The normalized spacial score (nSPS) is 17.5. The Labute approximate surface area is 138 Å². The minimum atomic E-state index is -4.16. The molecule has 4 N–H and O–H groups in total. The van der Waals surface area contributed by atoms with Crippen LogP contribution in [-0.2, 0) is 19.6 Å². The van der Waals surface area contributed by atoms with E-state index in [4.69, 9.17) is 4.74 Å². The van der Waals surface area contributed by atoms with E-state index in [1.54, 1.807) is 0 Å². The highest BCUT2D eigenvalue weighted by Gasteiger charge is 2.37. The van der Waals surface area contributed by atoms with Crippen LogP contribution in [0.3, 0.4) is 0 Å². The first-order valence-corrected chi connectivity index (χ1v) is 8.33. The molecule has 1 aromatic carbocycles. The number of sulfonamides is 1. The largest absolute Gasteiger partial charge is 0.495 e. The molecule has 1 atom stereocenters. The lowest BCUT2D eigenvalue weighted by Gasteiger charge is -2.23. The zero-order valence-corrected chi connectivity index (χ0v) is 13.7. The zero-order valence-electron chi connectivity index (χ0n) is 12.9. The molecule has 0 aliphatic carbocycles. The third-order valence-electron chi connectivity index (χ3n) is 3.12. The van der Waals surface area contributed by atoms with Gasteiger partial charge in [0.15, 0.2) is 5.25 Å². The van der Waals surface area contributed by atoms with Crippen molar-refractivity contribution in [1.82, 2.24) is 10.6 Å². The lowest BCUT2D eigenvalue weighted by atomic mass is 10.2. The Morgan fingerprint density at radius 3 is 2.62 bits per heavy atom. The minimum absolute atomic E-state index is 0.0495. The fourth-order valence-corrected chi connectivity index (χ4v) is 3.31. The van der Waals surface area contributed by atoms with Crippen molar-refractivity contribution in [3.05, 3.63) is 18.2 Å². The van der Waals surface area contributed by atoms with E-state index in [0.717, 1.165) is 0 Å². The number of urea groups is 1. The summed E-state index contributed by atoms with van der Waals surface area (Å²) < 4.78 is 32.1. The lowest BCUT2D eigenvalue weighted by molar-refractivity contribution is -0.120. The molecule has 0 radical (unpaired) electrons. The van der Waals surface area contributed by atoms with E-state index in [1.165, 1.54) is 32.2 Å². The van der Waals surface area contributed by atoms with E-state index >= 15 is 0 Å². The molecule has 1 heterocycles. The predicted molar refractivity (Wildman–Crippen MR) is 85.2 cm³/mol. The number of hydrogen-bond acceptors (Lipinski definition) is 6. The highest BCUT2D eigenvalue weighted by atomic mass is 32.2. The third kappa shape index (κ3) is 3.93. The van der Waals surface area contributed by atoms with Gasteiger partial charge in [-0.15, -0.1) is 0 Å². The number of hydrogen-bond donors (Lipinski definition) is 4. The molecule has 1 aliphatic rings. The molecule has 0 bridgehead atoms. The van der Waals surface area contributed by atoms with Gasteiger partial charge in [0.05, 0.1) is 12.8 Å². The Balaban J connectivity index is 2.29. The molecule has 130 valence electrons. The van der Waals surface area contributed by atoms with Crippen LogP contribution in [0.25, 0.3) is 0 Å². The number of amides is 4. The lowest BCUT2D eigenvalue weighted by Crippen LogP contribution is -2.58. The molecule has 1 fully saturated rings. The van der Waals surface area contributed by atoms with Crippen LogP contribution in [0.1, 0.15) is 6.92 Å². The van der Waals surface area contributed by atoms with Crippen LogP contribution < -0.4 is 25.4 Å². The molecule has 0 spiro atoms. The number of benzene rings is 1. The minimum Gasteiger partial charge on any atom is -0.495 e. The molecular formula is C13H16N4O6S. The Kier molecular flexibility index (Phi) is 4.93. The number of methoxy groups -OCH3 is 1. The fraction of sp³-hybridized carbons (Fsp3) is 0.308. The summed E-state index contributed by atoms with van der Waals surface area (Å²) in [7, 11) is -2.81. The maximum atomic E-state index is 12.4. The Morgan fingerprint density at radius 1 is 1.33 bits per heavy atom. The summed E-state index contributed by atoms with van der Waals surface area (Å²) in [5.74, 6) is -1.06. The van der Waals surface area contributed by atoms with E-state index in [1.807, 2.05) is 5.32 Å². The van der Waals surface area contributed by atoms with Gasteiger partial charge in [0, 0.05) is 19.2 Å². The Bertz CT molecular complexity index is 792. The van der Waals surface area contributed by atoms with Crippen LogP contribution in [0.15, 0.2) is 18.2 Å². The number of rotatable bonds is 5. The Hall–Kier alpha value is -2.82. The van der Waals surface area contributed by atoms with Crippen LogP contribution in [-0.4, -0.2) is 45.2 Å². The monoisotopic (exact) mass is 356 g/mol. The molecular weight excluding hydrogens is 340 g/mol. The van der Waals surface area contributed by atoms with Crippen molar-refractivity contribution in [2.45, 2.75) is 12.2 Å². The van der Waals surface area contributed by atoms with Gasteiger partial charge >= 0.3 is 6.03 Å². The molecule has 2 rings (SSSR count). The number of imide groups is 1. The smallest absolute Gasteiger partial charge is 0.321 e. The molecule has 10 nitrogen and oxygen atoms in total. The van der Waals surface area contributed by atoms with Crippen molar-refractivity contribution in [1.29, 1.82) is 0 Å². The quantitative estimate of drug-likeness (QED) is 0.565. The second-order valence-electron chi connectivity index (χ2n) is 4.93. The SMILES string of the molecule is COc1ccc(NC(C)=O)cc1NS(=O)(=O)C1CNC(=O)NC1=O. The second-order valence-corrected chi connectivity index (χ2v) is 6.79. The standard InChI is InChI=1S/C13H16N4O6S/c1-7(18)15-8-3-4-10(23-2)9(5-8)17-24(21,22)11-6-14-13(20)16-12(11)19/h3-5,11,17H,6H2,1-2H3,(H,15,18)(H2,14,16,19,20). The maximum absolute atomic E-state index is 12.4. The van der Waals surface area contributed by atoms with Crippen LogP contribution in [0.2, 0.25) is 0 Å². The van der Waals surface area contributed by atoms with Crippen LogP contribution in [0, 0.1) is 0 Å². The van der Waals surface area contributed by atoms with Gasteiger partial charge in [-0.05, 0) is 18.2 Å². The van der Waals surface area contributed by atoms with Gasteiger partial charge in [0.25, 0.3) is 0 Å². The third-order valence-corrected chi connectivity index (χ3v) is 4.76. The van der Waals surface area contributed by atoms with Gasteiger partial charge in [-0.3, -0.25) is 19.6 Å². The molecule has 1 saturated heterocycles. The summed E-state index contributed by atoms with van der Waals surface area (Å²) in [6.45, 7) is 0.955. The molecule has 24 heavy (non-hydrogen) atoms. The van der Waals surface area contributed by atoms with Crippen LogP contribution in [0.5, 0.6) is 5.75 Å². The van der Waals surface area contributed by atoms with Crippen molar-refractivity contribution in [2.75, 3.05) is 23.7 Å². The van der Waals surface area contributed by atoms with Crippen LogP contribution >= 0.6 is 0 Å². The van der Waals surface area contributed by atoms with Gasteiger partial charge in [-0.1, -0.05) is 0 Å². The summed E-state index contributed by atoms with van der Waals surface area (Å²) in [5, 5.41) is 5.15. The van der Waals surface area contributed by atoms with Crippen LogP contribution in [0.4, 0.5) is 16.2 Å². The van der Waals surface area contributed by atoms with Gasteiger partial charge < -0.3 is 15.4 Å². The summed E-state index contributed by atoms with van der Waals surface area (Å²) in [6, 6.07) is 3.60. The highest BCUT2D eigenvalue weighted by Crippen LogP contribution is 2.29. The maximum Gasteiger partial charge on any atom is 0.321 e. The van der Waals surface area contributed by atoms with E-state index < -0.39 is 27.2 Å². The van der Waals surface area contributed by atoms with Gasteiger partial charge in [-0.2, -0.15) is 0 Å². The summed E-state index contributed by atoms with van der Waals surface area (Å²) in [4.78, 5) is 33.9. The number of carbonyl (C=O) groups is 3. The van der Waals surface area contributed by atoms with Crippen molar-refractivity contribution in [3.63, 3.8) is 0 Å². The first-order chi connectivity index (χ1) is 11.2. The van der Waals surface area contributed by atoms with Crippen molar-refractivity contribution < 1.29 is 27.5 Å². The molecule has 4 amide bonds. The number of anilines is 2. The second kappa shape index (κ2) is 6.74. The summed E-state index contributed by atoms with van der Waals surface area (Å²) in [6.07, 6.45) is 0. The summed E-state index contributed by atoms with van der Waals surface area (Å²) >= 11 is 0. The van der Waals surface area contributed by atoms with Gasteiger partial charge in [0.2, 0.25) is 21.8 Å². The molecule has 1 aliphatic heterocycles. The average molecular weight is 356 g/mol. The molecule has 1 unspecified atom stereocenters. The summed E-state index contributed by atoms with van der Waals surface area (Å²) in [5.41, 5.74) is 0.399. The van der Waals surface area contributed by atoms with Gasteiger partial charge in [-0.25, -0.2) is 13.2 Å². The van der Waals surface area contributed by atoms with Crippen molar-refractivity contribution in [3.8, 4) is 5.75 Å². The van der Waals surface area contributed by atoms with Gasteiger partial charge in [0.1, 0.15) is 5.75 Å². The molecule has 11 heteroatoms. The highest BCUT2D eigenvalue weighted by molar-refractivity contribution is 7.94. The number of ether oxygens (including phenoxy) is 1. The van der Waals surface area contributed by atoms with E-state index in [9.17, 15) is 22.8 Å². The molecule has 0 aromatic heterocycles. The first kappa shape index (κ1) is 17.5. The number of nitrogens with one attached hydrogen (secondary N) is 4. The van der Waals surface area contributed by atoms with E-state index in [2.05, 4.69) is 15.4 Å². The van der Waals surface area contributed by atoms with E-state index in [-0.39, 0.29) is 23.9 Å². The topological polar surface area (TPSA) is 143 Å².